The molecule has 1 aromatic carbocycles. The monoisotopic (exact) mass is 273 g/mol. The Morgan fingerprint density at radius 2 is 2.00 bits per heavy atom. The second-order valence-corrected chi connectivity index (χ2v) is 5.33. The number of benzene rings is 1. The minimum Gasteiger partial charge on any atom is -0.283 e. The molecule has 0 unspecified atom stereocenters. The summed E-state index contributed by atoms with van der Waals surface area (Å²) in [6.07, 6.45) is 4.81. The van der Waals surface area contributed by atoms with Crippen molar-refractivity contribution < 1.29 is 0 Å². The zero-order valence-corrected chi connectivity index (χ0v) is 11.5. The third-order valence-electron chi connectivity index (χ3n) is 3.67. The van der Waals surface area contributed by atoms with E-state index in [-0.39, 0.29) is 0 Å². The highest BCUT2D eigenvalue weighted by molar-refractivity contribution is 6.31. The van der Waals surface area contributed by atoms with Gasteiger partial charge in [0.05, 0.1) is 24.2 Å². The summed E-state index contributed by atoms with van der Waals surface area (Å²) in [4.78, 5) is 2.19. The lowest BCUT2D eigenvalue weighted by Gasteiger charge is -2.26. The van der Waals surface area contributed by atoms with E-state index in [4.69, 9.17) is 22.1 Å². The first kappa shape index (κ1) is 13.9. The van der Waals surface area contributed by atoms with Gasteiger partial charge in [-0.15, -0.1) is 0 Å². The van der Waals surface area contributed by atoms with Gasteiger partial charge in [0, 0.05) is 17.6 Å². The van der Waals surface area contributed by atoms with Crippen LogP contribution in [-0.2, 0) is 6.54 Å². The Morgan fingerprint density at radius 1 is 1.26 bits per heavy atom. The third-order valence-corrected chi connectivity index (χ3v) is 4.02. The first-order chi connectivity index (χ1) is 9.24. The molecule has 19 heavy (non-hydrogen) atoms. The normalized spacial score (nSPS) is 15.4. The Labute approximate surface area is 119 Å². The van der Waals surface area contributed by atoms with Crippen LogP contribution in [0, 0.1) is 22.7 Å². The highest BCUT2D eigenvalue weighted by atomic mass is 35.5. The van der Waals surface area contributed by atoms with Gasteiger partial charge in [0.1, 0.15) is 0 Å². The van der Waals surface area contributed by atoms with Crippen LogP contribution in [0.25, 0.3) is 0 Å². The summed E-state index contributed by atoms with van der Waals surface area (Å²) < 4.78 is 0. The number of nitriles is 2. The standard InChI is InChI=1S/C15H16ClN3/c16-15-9-12(10-18)5-6-13(15)11-19(8-7-17)14-3-1-2-4-14/h5-6,9,14H,1-4,8,11H2. The van der Waals surface area contributed by atoms with E-state index in [1.54, 1.807) is 12.1 Å². The maximum absolute atomic E-state index is 8.96. The predicted molar refractivity (Wildman–Crippen MR) is 74.4 cm³/mol. The summed E-state index contributed by atoms with van der Waals surface area (Å²) in [6, 6.07) is 10.2. The van der Waals surface area contributed by atoms with Crippen LogP contribution in [0.4, 0.5) is 0 Å². The number of hydrogen-bond acceptors (Lipinski definition) is 3. The van der Waals surface area contributed by atoms with Crippen molar-refractivity contribution in [2.75, 3.05) is 6.54 Å². The SMILES string of the molecule is N#CCN(Cc1ccc(C#N)cc1Cl)C1CCCC1. The van der Waals surface area contributed by atoms with Crippen molar-refractivity contribution in [2.24, 2.45) is 0 Å². The second kappa shape index (κ2) is 6.57. The molecule has 0 aliphatic heterocycles. The van der Waals surface area contributed by atoms with Gasteiger partial charge in [0.25, 0.3) is 0 Å². The minimum atomic E-state index is 0.432. The molecule has 0 spiro atoms. The van der Waals surface area contributed by atoms with Crippen LogP contribution in [0.5, 0.6) is 0 Å². The summed E-state index contributed by atoms with van der Waals surface area (Å²) in [5.41, 5.74) is 1.56. The van der Waals surface area contributed by atoms with Crippen LogP contribution < -0.4 is 0 Å². The lowest BCUT2D eigenvalue weighted by Crippen LogP contribution is -2.33. The molecule has 0 atom stereocenters. The van der Waals surface area contributed by atoms with Crippen LogP contribution in [0.1, 0.15) is 36.8 Å². The van der Waals surface area contributed by atoms with Crippen molar-refractivity contribution in [3.05, 3.63) is 34.3 Å². The maximum atomic E-state index is 8.96. The number of halogens is 1. The molecule has 1 aliphatic carbocycles. The van der Waals surface area contributed by atoms with E-state index >= 15 is 0 Å². The topological polar surface area (TPSA) is 50.8 Å². The molecule has 0 radical (unpaired) electrons. The molecule has 0 heterocycles. The van der Waals surface area contributed by atoms with Crippen LogP contribution >= 0.6 is 11.6 Å². The molecule has 3 nitrogen and oxygen atoms in total. The van der Waals surface area contributed by atoms with Gasteiger partial charge in [-0.05, 0) is 30.5 Å². The molecule has 0 amide bonds. The molecule has 98 valence electrons. The summed E-state index contributed by atoms with van der Waals surface area (Å²) >= 11 is 6.20. The van der Waals surface area contributed by atoms with Crippen LogP contribution in [0.2, 0.25) is 5.02 Å². The number of hydrogen-bond donors (Lipinski definition) is 0. The Morgan fingerprint density at radius 3 is 2.58 bits per heavy atom. The lowest BCUT2D eigenvalue weighted by atomic mass is 10.1. The van der Waals surface area contributed by atoms with Gasteiger partial charge < -0.3 is 0 Å². The zero-order chi connectivity index (χ0) is 13.7. The predicted octanol–water partition coefficient (Wildman–Crippen LogP) is 3.48. The fraction of sp³-hybridized carbons (Fsp3) is 0.467. The van der Waals surface area contributed by atoms with Gasteiger partial charge in [-0.1, -0.05) is 30.5 Å². The fourth-order valence-corrected chi connectivity index (χ4v) is 2.88. The van der Waals surface area contributed by atoms with E-state index in [1.807, 2.05) is 6.07 Å². The maximum Gasteiger partial charge on any atom is 0.0992 e. The van der Waals surface area contributed by atoms with E-state index < -0.39 is 0 Å². The largest absolute Gasteiger partial charge is 0.283 e. The molecule has 1 aromatic rings. The Hall–Kier alpha value is -1.55. The molecule has 1 saturated carbocycles. The highest BCUT2D eigenvalue weighted by Crippen LogP contribution is 2.26. The molecule has 0 N–H and O–H groups in total. The summed E-state index contributed by atoms with van der Waals surface area (Å²) in [6.45, 7) is 1.11. The van der Waals surface area contributed by atoms with Gasteiger partial charge in [-0.3, -0.25) is 4.90 Å². The number of nitrogens with zero attached hydrogens (tertiary/aromatic N) is 3. The van der Waals surface area contributed by atoms with Gasteiger partial charge in [0.15, 0.2) is 0 Å². The van der Waals surface area contributed by atoms with Crippen LogP contribution in [-0.4, -0.2) is 17.5 Å². The molecular formula is C15H16ClN3. The molecule has 1 aliphatic rings. The van der Waals surface area contributed by atoms with Crippen molar-refractivity contribution in [1.82, 2.24) is 4.90 Å². The van der Waals surface area contributed by atoms with Crippen molar-refractivity contribution >= 4 is 11.6 Å². The van der Waals surface area contributed by atoms with Gasteiger partial charge in [-0.2, -0.15) is 10.5 Å². The van der Waals surface area contributed by atoms with Crippen molar-refractivity contribution in [1.29, 1.82) is 10.5 Å². The summed E-state index contributed by atoms with van der Waals surface area (Å²) in [7, 11) is 0. The van der Waals surface area contributed by atoms with E-state index in [9.17, 15) is 0 Å². The van der Waals surface area contributed by atoms with E-state index in [0.29, 0.717) is 29.7 Å². The minimum absolute atomic E-state index is 0.432. The molecular weight excluding hydrogens is 258 g/mol. The molecule has 1 fully saturated rings. The van der Waals surface area contributed by atoms with E-state index in [0.717, 1.165) is 18.4 Å². The fourth-order valence-electron chi connectivity index (χ4n) is 2.64. The lowest BCUT2D eigenvalue weighted by molar-refractivity contribution is 0.214. The Bertz CT molecular complexity index is 521. The molecule has 0 saturated heterocycles. The second-order valence-electron chi connectivity index (χ2n) is 4.92. The van der Waals surface area contributed by atoms with Gasteiger partial charge in [-0.25, -0.2) is 0 Å². The third kappa shape index (κ3) is 3.47. The molecule has 0 bridgehead atoms. The number of rotatable bonds is 4. The molecule has 0 aromatic heterocycles. The quantitative estimate of drug-likeness (QED) is 0.789. The Balaban J connectivity index is 2.13. The van der Waals surface area contributed by atoms with Crippen molar-refractivity contribution in [3.63, 3.8) is 0 Å². The first-order valence-electron chi connectivity index (χ1n) is 6.54. The average molecular weight is 274 g/mol. The first-order valence-corrected chi connectivity index (χ1v) is 6.92. The smallest absolute Gasteiger partial charge is 0.0992 e. The van der Waals surface area contributed by atoms with Crippen LogP contribution in [0.15, 0.2) is 18.2 Å². The molecule has 2 rings (SSSR count). The summed E-state index contributed by atoms with van der Waals surface area (Å²) in [5.74, 6) is 0. The summed E-state index contributed by atoms with van der Waals surface area (Å²) in [5, 5.41) is 18.4. The van der Waals surface area contributed by atoms with Crippen LogP contribution in [0.3, 0.4) is 0 Å². The highest BCUT2D eigenvalue weighted by Gasteiger charge is 2.22. The van der Waals surface area contributed by atoms with E-state index in [1.165, 1.54) is 12.8 Å². The van der Waals surface area contributed by atoms with Crippen molar-refractivity contribution in [2.45, 2.75) is 38.3 Å². The molecule has 4 heteroatoms. The zero-order valence-electron chi connectivity index (χ0n) is 10.8. The van der Waals surface area contributed by atoms with E-state index in [2.05, 4.69) is 17.0 Å². The van der Waals surface area contributed by atoms with Gasteiger partial charge in [0.2, 0.25) is 0 Å². The van der Waals surface area contributed by atoms with Crippen molar-refractivity contribution in [3.8, 4) is 12.1 Å². The average Bonchev–Trinajstić information content (AvgIpc) is 2.94. The van der Waals surface area contributed by atoms with Gasteiger partial charge >= 0.3 is 0 Å². The Kier molecular flexibility index (Phi) is 4.80.